The van der Waals surface area contributed by atoms with Crippen LogP contribution < -0.4 is 0 Å². The average molecular weight is 266 g/mol. The Balaban J connectivity index is 4.51. The van der Waals surface area contributed by atoms with E-state index in [9.17, 15) is 18.8 Å². The summed E-state index contributed by atoms with van der Waals surface area (Å²) in [6.07, 6.45) is -1.27. The van der Waals surface area contributed by atoms with Gasteiger partial charge in [-0.15, -0.1) is 0 Å². The van der Waals surface area contributed by atoms with Gasteiger partial charge < -0.3 is 18.9 Å². The number of hydrogen-bond donors (Lipinski definition) is 0. The van der Waals surface area contributed by atoms with E-state index < -0.39 is 37.0 Å². The number of esters is 2. The van der Waals surface area contributed by atoms with E-state index in [2.05, 4.69) is 18.9 Å². The molecule has 0 N–H and O–H groups in total. The summed E-state index contributed by atoms with van der Waals surface area (Å²) >= 11 is 0. The summed E-state index contributed by atoms with van der Waals surface area (Å²) in [6.45, 7) is 0.391. The third kappa shape index (κ3) is 5.46. The predicted octanol–water partition coefficient (Wildman–Crippen LogP) is 0.809. The molecule has 0 amide bonds. The predicted molar refractivity (Wildman–Crippen MR) is 55.2 cm³/mol. The number of carbonyl (C=O) groups excluding carboxylic acids is 3. The molecule has 0 aliphatic heterocycles. The normalized spacial score (nSPS) is 13.1. The lowest BCUT2D eigenvalue weighted by atomic mass is 9.93. The minimum atomic E-state index is -1.38. The van der Waals surface area contributed by atoms with Crippen LogP contribution in [0.25, 0.3) is 0 Å². The maximum absolute atomic E-state index is 11.7. The molecule has 0 spiro atoms. The molecule has 1 unspecified atom stereocenters. The highest BCUT2D eigenvalue weighted by molar-refractivity contribution is 5.77. The van der Waals surface area contributed by atoms with Gasteiger partial charge in [0.2, 0.25) is 6.86 Å². The molecule has 1 atom stereocenters. The quantitative estimate of drug-likeness (QED) is 0.519. The van der Waals surface area contributed by atoms with E-state index in [1.807, 2.05) is 0 Å². The third-order valence-electron chi connectivity index (χ3n) is 1.95. The van der Waals surface area contributed by atoms with Gasteiger partial charge in [-0.05, 0) is 6.92 Å². The van der Waals surface area contributed by atoms with E-state index in [0.29, 0.717) is 0 Å². The Morgan fingerprint density at radius 3 is 2.11 bits per heavy atom. The van der Waals surface area contributed by atoms with Gasteiger partial charge >= 0.3 is 18.1 Å². The van der Waals surface area contributed by atoms with Gasteiger partial charge in [0, 0.05) is 6.92 Å². The molecule has 0 aromatic heterocycles. The average Bonchev–Trinajstić information content (AvgIpc) is 2.33. The van der Waals surface area contributed by atoms with Crippen LogP contribution in [-0.2, 0) is 28.5 Å². The lowest BCUT2D eigenvalue weighted by molar-refractivity contribution is -0.163. The van der Waals surface area contributed by atoms with Crippen molar-refractivity contribution < 1.29 is 37.7 Å². The Morgan fingerprint density at radius 1 is 1.11 bits per heavy atom. The molecule has 0 bridgehead atoms. The SMILES string of the molecule is COC(=O)C(C)(COC(C)=O)COC(=O)OCF. The number of alkyl halides is 1. The molecular formula is C10H15FO7. The van der Waals surface area contributed by atoms with Crippen LogP contribution >= 0.6 is 0 Å². The fourth-order valence-corrected chi connectivity index (χ4v) is 0.971. The molecule has 0 saturated heterocycles. The molecule has 0 radical (unpaired) electrons. The van der Waals surface area contributed by atoms with Crippen molar-refractivity contribution in [3.05, 3.63) is 0 Å². The molecule has 0 aromatic rings. The van der Waals surface area contributed by atoms with Crippen LogP contribution in [0.15, 0.2) is 0 Å². The van der Waals surface area contributed by atoms with E-state index in [1.54, 1.807) is 0 Å². The molecule has 104 valence electrons. The summed E-state index contributed by atoms with van der Waals surface area (Å²) in [5.41, 5.74) is -1.38. The summed E-state index contributed by atoms with van der Waals surface area (Å²) in [4.78, 5) is 33.0. The topological polar surface area (TPSA) is 88.1 Å². The first-order chi connectivity index (χ1) is 8.35. The van der Waals surface area contributed by atoms with Crippen molar-refractivity contribution in [3.8, 4) is 0 Å². The second-order valence-corrected chi connectivity index (χ2v) is 3.62. The number of methoxy groups -OCH3 is 1. The van der Waals surface area contributed by atoms with Crippen LogP contribution in [-0.4, -0.2) is 45.3 Å². The van der Waals surface area contributed by atoms with Gasteiger partial charge in [0.05, 0.1) is 7.11 Å². The Morgan fingerprint density at radius 2 is 1.67 bits per heavy atom. The fraction of sp³-hybridized carbons (Fsp3) is 0.700. The summed E-state index contributed by atoms with van der Waals surface area (Å²) < 4.78 is 29.2. The molecule has 0 aliphatic carbocycles. The zero-order valence-electron chi connectivity index (χ0n) is 10.4. The van der Waals surface area contributed by atoms with E-state index in [-0.39, 0.29) is 6.61 Å². The standard InChI is InChI=1S/C10H15FO7/c1-7(12)16-4-10(2,8(13)15-3)5-17-9(14)18-6-11/h4-6H2,1-3H3. The monoisotopic (exact) mass is 266 g/mol. The van der Waals surface area contributed by atoms with Gasteiger partial charge in [0.1, 0.15) is 18.6 Å². The van der Waals surface area contributed by atoms with Gasteiger partial charge in [-0.3, -0.25) is 9.59 Å². The first-order valence-corrected chi connectivity index (χ1v) is 4.93. The van der Waals surface area contributed by atoms with E-state index in [0.717, 1.165) is 14.0 Å². The molecular weight excluding hydrogens is 251 g/mol. The van der Waals surface area contributed by atoms with Crippen LogP contribution in [0.2, 0.25) is 0 Å². The van der Waals surface area contributed by atoms with E-state index >= 15 is 0 Å². The summed E-state index contributed by atoms with van der Waals surface area (Å²) in [5, 5.41) is 0. The molecule has 7 nitrogen and oxygen atoms in total. The Hall–Kier alpha value is -1.86. The van der Waals surface area contributed by atoms with Gasteiger partial charge in [0.15, 0.2) is 0 Å². The Labute approximate surface area is 103 Å². The second-order valence-electron chi connectivity index (χ2n) is 3.62. The van der Waals surface area contributed by atoms with Gasteiger partial charge in [-0.25, -0.2) is 9.18 Å². The van der Waals surface area contributed by atoms with Gasteiger partial charge in [-0.2, -0.15) is 0 Å². The van der Waals surface area contributed by atoms with Crippen molar-refractivity contribution in [1.29, 1.82) is 0 Å². The van der Waals surface area contributed by atoms with Crippen LogP contribution in [0.5, 0.6) is 0 Å². The highest BCUT2D eigenvalue weighted by Gasteiger charge is 2.38. The van der Waals surface area contributed by atoms with E-state index in [4.69, 9.17) is 0 Å². The lowest BCUT2D eigenvalue weighted by Gasteiger charge is -2.24. The maximum Gasteiger partial charge on any atom is 0.510 e. The number of ether oxygens (including phenoxy) is 4. The fourth-order valence-electron chi connectivity index (χ4n) is 0.971. The first-order valence-electron chi connectivity index (χ1n) is 4.93. The van der Waals surface area contributed by atoms with Crippen molar-refractivity contribution >= 4 is 18.1 Å². The van der Waals surface area contributed by atoms with E-state index in [1.165, 1.54) is 6.92 Å². The number of carbonyl (C=O) groups is 3. The second kappa shape index (κ2) is 7.46. The summed E-state index contributed by atoms with van der Waals surface area (Å²) in [5.74, 6) is -1.34. The largest absolute Gasteiger partial charge is 0.510 e. The van der Waals surface area contributed by atoms with Crippen LogP contribution in [0.1, 0.15) is 13.8 Å². The highest BCUT2D eigenvalue weighted by atomic mass is 19.1. The smallest absolute Gasteiger partial charge is 0.468 e. The summed E-state index contributed by atoms with van der Waals surface area (Å²) in [7, 11) is 1.13. The highest BCUT2D eigenvalue weighted by Crippen LogP contribution is 2.20. The molecule has 0 heterocycles. The summed E-state index contributed by atoms with van der Waals surface area (Å²) in [6, 6.07) is 0. The van der Waals surface area contributed by atoms with Gasteiger partial charge in [-0.1, -0.05) is 0 Å². The molecule has 8 heteroatoms. The third-order valence-corrected chi connectivity index (χ3v) is 1.95. The molecule has 0 aromatic carbocycles. The zero-order valence-corrected chi connectivity index (χ0v) is 10.4. The number of halogens is 1. The van der Waals surface area contributed by atoms with Crippen LogP contribution in [0, 0.1) is 5.41 Å². The molecule has 0 saturated carbocycles. The Bertz CT molecular complexity index is 317. The first kappa shape index (κ1) is 16.1. The van der Waals surface area contributed by atoms with Gasteiger partial charge in [0.25, 0.3) is 0 Å². The zero-order chi connectivity index (χ0) is 14.2. The minimum Gasteiger partial charge on any atom is -0.468 e. The van der Waals surface area contributed by atoms with Crippen molar-refractivity contribution in [2.45, 2.75) is 13.8 Å². The van der Waals surface area contributed by atoms with Crippen molar-refractivity contribution in [3.63, 3.8) is 0 Å². The van der Waals surface area contributed by atoms with Crippen LogP contribution in [0.3, 0.4) is 0 Å². The molecule has 0 aliphatic rings. The Kier molecular flexibility index (Phi) is 6.69. The van der Waals surface area contributed by atoms with Crippen molar-refractivity contribution in [2.24, 2.45) is 5.41 Å². The van der Waals surface area contributed by atoms with Crippen molar-refractivity contribution in [2.75, 3.05) is 27.2 Å². The molecule has 0 rings (SSSR count). The maximum atomic E-state index is 11.7. The molecule has 18 heavy (non-hydrogen) atoms. The van der Waals surface area contributed by atoms with Crippen molar-refractivity contribution in [1.82, 2.24) is 0 Å². The number of rotatable bonds is 6. The van der Waals surface area contributed by atoms with Crippen LogP contribution in [0.4, 0.5) is 9.18 Å². The lowest BCUT2D eigenvalue weighted by Crippen LogP contribution is -2.39. The minimum absolute atomic E-state index is 0.335. The molecule has 0 fully saturated rings. The number of hydrogen-bond acceptors (Lipinski definition) is 7.